The SMILES string of the molecule is COc1ccc(N([C@@H](C)C(=O)N/N=C(/C)c2ccc(F)cc2)S(C)(=O)=O)cc1. The van der Waals surface area contributed by atoms with Crippen molar-refractivity contribution >= 4 is 27.3 Å². The topological polar surface area (TPSA) is 88.1 Å². The lowest BCUT2D eigenvalue weighted by atomic mass is 10.1. The van der Waals surface area contributed by atoms with Gasteiger partial charge in [-0.15, -0.1) is 0 Å². The molecule has 0 radical (unpaired) electrons. The Morgan fingerprint density at radius 3 is 2.21 bits per heavy atom. The normalized spacial score (nSPS) is 13.0. The first kappa shape index (κ1) is 21.4. The molecule has 2 rings (SSSR count). The first-order chi connectivity index (χ1) is 13.1. The van der Waals surface area contributed by atoms with Crippen LogP contribution in [-0.2, 0) is 14.8 Å². The molecule has 0 saturated heterocycles. The van der Waals surface area contributed by atoms with Crippen LogP contribution in [0, 0.1) is 5.82 Å². The van der Waals surface area contributed by atoms with Crippen molar-refractivity contribution in [1.29, 1.82) is 0 Å². The van der Waals surface area contributed by atoms with Crippen molar-refractivity contribution in [3.8, 4) is 5.75 Å². The molecule has 2 aromatic rings. The molecule has 150 valence electrons. The van der Waals surface area contributed by atoms with Gasteiger partial charge in [0.25, 0.3) is 5.91 Å². The summed E-state index contributed by atoms with van der Waals surface area (Å²) < 4.78 is 43.6. The number of benzene rings is 2. The van der Waals surface area contributed by atoms with Crippen LogP contribution in [0.25, 0.3) is 0 Å². The van der Waals surface area contributed by atoms with Gasteiger partial charge in [-0.05, 0) is 55.8 Å². The quantitative estimate of drug-likeness (QED) is 0.564. The van der Waals surface area contributed by atoms with Gasteiger partial charge in [-0.2, -0.15) is 5.10 Å². The smallest absolute Gasteiger partial charge is 0.263 e. The number of carbonyl (C=O) groups excluding carboxylic acids is 1. The number of hydrogen-bond acceptors (Lipinski definition) is 5. The summed E-state index contributed by atoms with van der Waals surface area (Å²) in [7, 11) is -2.23. The van der Waals surface area contributed by atoms with Crippen LogP contribution in [0.5, 0.6) is 5.75 Å². The van der Waals surface area contributed by atoms with Gasteiger partial charge in [-0.1, -0.05) is 12.1 Å². The van der Waals surface area contributed by atoms with E-state index in [9.17, 15) is 17.6 Å². The van der Waals surface area contributed by atoms with Gasteiger partial charge < -0.3 is 4.74 Å². The number of ether oxygens (including phenoxy) is 1. The molecule has 1 atom stereocenters. The Bertz CT molecular complexity index is 958. The van der Waals surface area contributed by atoms with Gasteiger partial charge in [-0.25, -0.2) is 18.2 Å². The van der Waals surface area contributed by atoms with Crippen LogP contribution < -0.4 is 14.5 Å². The Kier molecular flexibility index (Phi) is 6.74. The number of halogens is 1. The first-order valence-electron chi connectivity index (χ1n) is 8.37. The molecule has 0 aliphatic rings. The van der Waals surface area contributed by atoms with Crippen molar-refractivity contribution in [2.75, 3.05) is 17.7 Å². The van der Waals surface area contributed by atoms with E-state index in [2.05, 4.69) is 10.5 Å². The third kappa shape index (κ3) is 5.29. The second-order valence-corrected chi connectivity index (χ2v) is 7.97. The summed E-state index contributed by atoms with van der Waals surface area (Å²) in [6, 6.07) is 10.9. The van der Waals surface area contributed by atoms with Crippen molar-refractivity contribution in [2.45, 2.75) is 19.9 Å². The van der Waals surface area contributed by atoms with Gasteiger partial charge in [0.15, 0.2) is 0 Å². The van der Waals surface area contributed by atoms with E-state index < -0.39 is 22.0 Å². The van der Waals surface area contributed by atoms with Crippen LogP contribution >= 0.6 is 0 Å². The zero-order valence-corrected chi connectivity index (χ0v) is 16.8. The lowest BCUT2D eigenvalue weighted by molar-refractivity contribution is -0.121. The van der Waals surface area contributed by atoms with E-state index in [4.69, 9.17) is 4.74 Å². The molecule has 0 bridgehead atoms. The largest absolute Gasteiger partial charge is 0.497 e. The Morgan fingerprint density at radius 2 is 1.71 bits per heavy atom. The molecule has 0 heterocycles. The molecule has 9 heteroatoms. The van der Waals surface area contributed by atoms with Crippen molar-refractivity contribution < 1.29 is 22.3 Å². The molecular weight excluding hydrogens is 385 g/mol. The summed E-state index contributed by atoms with van der Waals surface area (Å²) in [5.41, 5.74) is 3.77. The average molecular weight is 407 g/mol. The van der Waals surface area contributed by atoms with Crippen molar-refractivity contribution in [1.82, 2.24) is 5.43 Å². The predicted molar refractivity (Wildman–Crippen MR) is 107 cm³/mol. The van der Waals surface area contributed by atoms with Gasteiger partial charge in [0.1, 0.15) is 17.6 Å². The fraction of sp³-hybridized carbons (Fsp3) is 0.263. The summed E-state index contributed by atoms with van der Waals surface area (Å²) in [5, 5.41) is 3.98. The number of carbonyl (C=O) groups is 1. The minimum Gasteiger partial charge on any atom is -0.497 e. The summed E-state index contributed by atoms with van der Waals surface area (Å²) in [4.78, 5) is 12.5. The van der Waals surface area contributed by atoms with E-state index in [1.54, 1.807) is 31.2 Å². The molecule has 0 aliphatic carbocycles. The number of methoxy groups -OCH3 is 1. The van der Waals surface area contributed by atoms with Crippen LogP contribution in [-0.4, -0.2) is 39.4 Å². The second-order valence-electron chi connectivity index (χ2n) is 6.11. The second kappa shape index (κ2) is 8.83. The van der Waals surface area contributed by atoms with Crippen LogP contribution in [0.2, 0.25) is 0 Å². The minimum atomic E-state index is -3.74. The van der Waals surface area contributed by atoms with Crippen molar-refractivity contribution in [3.05, 3.63) is 59.9 Å². The standard InChI is InChI=1S/C19H22FN3O4S/c1-13(15-5-7-16(20)8-6-15)21-22-19(24)14(2)23(28(4,25)26)17-9-11-18(27-3)12-10-17/h5-12,14H,1-4H3,(H,22,24)/b21-13-/t14-/m0/s1. The van der Waals surface area contributed by atoms with Crippen LogP contribution in [0.15, 0.2) is 53.6 Å². The highest BCUT2D eigenvalue weighted by Gasteiger charge is 2.29. The highest BCUT2D eigenvalue weighted by molar-refractivity contribution is 7.92. The summed E-state index contributed by atoms with van der Waals surface area (Å²) in [5.74, 6) is -0.422. The van der Waals surface area contributed by atoms with E-state index in [0.717, 1.165) is 10.6 Å². The highest BCUT2D eigenvalue weighted by atomic mass is 32.2. The predicted octanol–water partition coefficient (Wildman–Crippen LogP) is 2.53. The molecule has 1 N–H and O–H groups in total. The molecular formula is C19H22FN3O4S. The molecule has 0 aromatic heterocycles. The van der Waals surface area contributed by atoms with E-state index in [1.165, 1.54) is 38.3 Å². The van der Waals surface area contributed by atoms with E-state index >= 15 is 0 Å². The molecule has 0 saturated carbocycles. The van der Waals surface area contributed by atoms with Crippen LogP contribution in [0.1, 0.15) is 19.4 Å². The number of sulfonamides is 1. The minimum absolute atomic E-state index is 0.324. The van der Waals surface area contributed by atoms with E-state index in [0.29, 0.717) is 22.7 Å². The molecule has 1 amide bonds. The average Bonchev–Trinajstić information content (AvgIpc) is 2.66. The maximum absolute atomic E-state index is 13.0. The van der Waals surface area contributed by atoms with Crippen molar-refractivity contribution in [2.24, 2.45) is 5.10 Å². The van der Waals surface area contributed by atoms with Gasteiger partial charge in [-0.3, -0.25) is 9.10 Å². The van der Waals surface area contributed by atoms with Gasteiger partial charge in [0.05, 0.1) is 24.8 Å². The Morgan fingerprint density at radius 1 is 1.14 bits per heavy atom. The Balaban J connectivity index is 2.21. The molecule has 0 unspecified atom stereocenters. The molecule has 7 nitrogen and oxygen atoms in total. The Hall–Kier alpha value is -2.94. The highest BCUT2D eigenvalue weighted by Crippen LogP contribution is 2.23. The monoisotopic (exact) mass is 407 g/mol. The lowest BCUT2D eigenvalue weighted by Crippen LogP contribution is -2.46. The number of hydrazone groups is 1. The maximum atomic E-state index is 13.0. The fourth-order valence-electron chi connectivity index (χ4n) is 2.53. The Labute approximate surface area is 163 Å². The lowest BCUT2D eigenvalue weighted by Gasteiger charge is -2.27. The fourth-order valence-corrected chi connectivity index (χ4v) is 3.70. The maximum Gasteiger partial charge on any atom is 0.263 e. The number of hydrogen-bond donors (Lipinski definition) is 1. The third-order valence-electron chi connectivity index (χ3n) is 4.01. The molecule has 0 aliphatic heterocycles. The van der Waals surface area contributed by atoms with Crippen LogP contribution in [0.4, 0.5) is 10.1 Å². The summed E-state index contributed by atoms with van der Waals surface area (Å²) >= 11 is 0. The third-order valence-corrected chi connectivity index (χ3v) is 5.25. The molecule has 28 heavy (non-hydrogen) atoms. The molecule has 2 aromatic carbocycles. The number of anilines is 1. The zero-order chi connectivity index (χ0) is 20.9. The molecule has 0 spiro atoms. The zero-order valence-electron chi connectivity index (χ0n) is 16.0. The van der Waals surface area contributed by atoms with Gasteiger partial charge >= 0.3 is 0 Å². The first-order valence-corrected chi connectivity index (χ1v) is 10.2. The number of amides is 1. The number of nitrogens with zero attached hydrogens (tertiary/aromatic N) is 2. The summed E-state index contributed by atoms with van der Waals surface area (Å²) in [6.45, 7) is 3.11. The summed E-state index contributed by atoms with van der Waals surface area (Å²) in [6.07, 6.45) is 1.02. The van der Waals surface area contributed by atoms with Gasteiger partial charge in [0.2, 0.25) is 10.0 Å². The van der Waals surface area contributed by atoms with Gasteiger partial charge in [0, 0.05) is 0 Å². The van der Waals surface area contributed by atoms with E-state index in [-0.39, 0.29) is 5.82 Å². The van der Waals surface area contributed by atoms with Crippen LogP contribution in [0.3, 0.4) is 0 Å². The number of nitrogens with one attached hydrogen (secondary N) is 1. The van der Waals surface area contributed by atoms with Crippen molar-refractivity contribution in [3.63, 3.8) is 0 Å². The van der Waals surface area contributed by atoms with E-state index in [1.807, 2.05) is 0 Å². The molecule has 0 fully saturated rings. The number of rotatable bonds is 7.